The van der Waals surface area contributed by atoms with Gasteiger partial charge in [0.1, 0.15) is 17.1 Å². The normalized spacial score (nSPS) is 16.3. The molecule has 1 aliphatic heterocycles. The maximum atomic E-state index is 12.4. The van der Waals surface area contributed by atoms with Crippen molar-refractivity contribution in [2.45, 2.75) is 38.7 Å². The van der Waals surface area contributed by atoms with Gasteiger partial charge < -0.3 is 19.5 Å². The summed E-state index contributed by atoms with van der Waals surface area (Å²) in [5, 5.41) is 9.85. The highest BCUT2D eigenvalue weighted by molar-refractivity contribution is 5.94. The number of carbonyl (C=O) groups is 2. The quantitative estimate of drug-likeness (QED) is 0.862. The van der Waals surface area contributed by atoms with Crippen molar-refractivity contribution < 1.29 is 24.2 Å². The summed E-state index contributed by atoms with van der Waals surface area (Å²) in [7, 11) is 1.47. The zero-order valence-corrected chi connectivity index (χ0v) is 13.6. The predicted molar refractivity (Wildman–Crippen MR) is 84.6 cm³/mol. The second-order valence-electron chi connectivity index (χ2n) is 5.67. The first-order valence-electron chi connectivity index (χ1n) is 7.89. The lowest BCUT2D eigenvalue weighted by molar-refractivity contribution is -0.139. The number of benzene rings is 1. The van der Waals surface area contributed by atoms with Crippen LogP contribution in [-0.2, 0) is 9.53 Å². The van der Waals surface area contributed by atoms with E-state index in [-0.39, 0.29) is 17.2 Å². The first-order chi connectivity index (χ1) is 11.0. The van der Waals surface area contributed by atoms with Crippen LogP contribution in [0.2, 0.25) is 0 Å². The Morgan fingerprint density at radius 1 is 1.17 bits per heavy atom. The molecule has 1 N–H and O–H groups in total. The molecule has 1 saturated heterocycles. The molecule has 1 atom stereocenters. The molecule has 1 amide bonds. The minimum absolute atomic E-state index is 0.0151. The summed E-state index contributed by atoms with van der Waals surface area (Å²) in [5.41, 5.74) is 0.0151. The lowest BCUT2D eigenvalue weighted by atomic mass is 10.2. The third-order valence-electron chi connectivity index (χ3n) is 3.97. The third-order valence-corrected chi connectivity index (χ3v) is 3.97. The van der Waals surface area contributed by atoms with Gasteiger partial charge in [-0.25, -0.2) is 4.79 Å². The van der Waals surface area contributed by atoms with Crippen LogP contribution in [-0.4, -0.2) is 48.2 Å². The molecule has 6 nitrogen and oxygen atoms in total. The van der Waals surface area contributed by atoms with Crippen LogP contribution < -0.4 is 4.74 Å². The number of nitrogens with zero attached hydrogens (tertiary/aromatic N) is 1. The molecule has 0 unspecified atom stereocenters. The molecule has 0 aromatic heterocycles. The van der Waals surface area contributed by atoms with Gasteiger partial charge in [-0.15, -0.1) is 0 Å². The third kappa shape index (κ3) is 4.37. The minimum atomic E-state index is -0.873. The molecular formula is C17H23NO5. The molecule has 2 rings (SSSR count). The smallest absolute Gasteiger partial charge is 0.342 e. The Morgan fingerprint density at radius 2 is 1.83 bits per heavy atom. The van der Waals surface area contributed by atoms with Crippen LogP contribution in [0.1, 0.15) is 43.0 Å². The van der Waals surface area contributed by atoms with E-state index in [0.29, 0.717) is 18.8 Å². The number of rotatable bonds is 4. The van der Waals surface area contributed by atoms with E-state index in [1.54, 1.807) is 17.9 Å². The molecular weight excluding hydrogens is 298 g/mol. The molecule has 1 aromatic rings. The first kappa shape index (κ1) is 17.1. The molecule has 0 radical (unpaired) electrons. The van der Waals surface area contributed by atoms with Gasteiger partial charge in [0.2, 0.25) is 0 Å². The van der Waals surface area contributed by atoms with Crippen LogP contribution in [0.4, 0.5) is 0 Å². The fourth-order valence-corrected chi connectivity index (χ4v) is 2.63. The van der Waals surface area contributed by atoms with Gasteiger partial charge in [0.15, 0.2) is 6.10 Å². The van der Waals surface area contributed by atoms with Crippen LogP contribution in [0.5, 0.6) is 11.5 Å². The maximum Gasteiger partial charge on any atom is 0.342 e. The van der Waals surface area contributed by atoms with Crippen molar-refractivity contribution in [3.8, 4) is 11.5 Å². The molecule has 1 aliphatic rings. The van der Waals surface area contributed by atoms with E-state index in [0.717, 1.165) is 25.7 Å². The van der Waals surface area contributed by atoms with Crippen molar-refractivity contribution in [3.05, 3.63) is 23.8 Å². The Kier molecular flexibility index (Phi) is 5.84. The number of amides is 1. The van der Waals surface area contributed by atoms with E-state index in [4.69, 9.17) is 9.47 Å². The number of likely N-dealkylation sites (tertiary alicyclic amines) is 1. The highest BCUT2D eigenvalue weighted by atomic mass is 16.5. The second kappa shape index (κ2) is 7.85. The van der Waals surface area contributed by atoms with E-state index in [9.17, 15) is 14.7 Å². The molecule has 23 heavy (non-hydrogen) atoms. The number of methoxy groups -OCH3 is 1. The summed E-state index contributed by atoms with van der Waals surface area (Å²) in [5.74, 6) is -0.703. The highest BCUT2D eigenvalue weighted by Gasteiger charge is 2.25. The fraction of sp³-hybridized carbons (Fsp3) is 0.529. The minimum Gasteiger partial charge on any atom is -0.507 e. The second-order valence-corrected chi connectivity index (χ2v) is 5.67. The molecule has 0 spiro atoms. The highest BCUT2D eigenvalue weighted by Crippen LogP contribution is 2.24. The van der Waals surface area contributed by atoms with Gasteiger partial charge >= 0.3 is 5.97 Å². The Bertz CT molecular complexity index is 564. The van der Waals surface area contributed by atoms with Crippen LogP contribution in [0.3, 0.4) is 0 Å². The largest absolute Gasteiger partial charge is 0.507 e. The number of ether oxygens (including phenoxy) is 2. The van der Waals surface area contributed by atoms with E-state index in [2.05, 4.69) is 0 Å². The van der Waals surface area contributed by atoms with Gasteiger partial charge in [-0.1, -0.05) is 12.8 Å². The molecule has 1 aromatic carbocycles. The van der Waals surface area contributed by atoms with Crippen LogP contribution in [0, 0.1) is 0 Å². The average Bonchev–Trinajstić information content (AvgIpc) is 2.82. The Labute approximate surface area is 136 Å². The first-order valence-corrected chi connectivity index (χ1v) is 7.89. The summed E-state index contributed by atoms with van der Waals surface area (Å²) in [4.78, 5) is 26.3. The Hall–Kier alpha value is -2.24. The van der Waals surface area contributed by atoms with E-state index < -0.39 is 12.1 Å². The maximum absolute atomic E-state index is 12.4. The molecule has 126 valence electrons. The number of carbonyl (C=O) groups excluding carboxylic acids is 2. The van der Waals surface area contributed by atoms with Gasteiger partial charge in [0.25, 0.3) is 5.91 Å². The van der Waals surface area contributed by atoms with Crippen LogP contribution in [0.15, 0.2) is 18.2 Å². The number of phenols is 1. The van der Waals surface area contributed by atoms with Crippen molar-refractivity contribution in [1.82, 2.24) is 4.90 Å². The number of aromatic hydroxyl groups is 1. The lowest BCUT2D eigenvalue weighted by Crippen LogP contribution is -2.40. The molecule has 1 heterocycles. The zero-order chi connectivity index (χ0) is 16.8. The van der Waals surface area contributed by atoms with Crippen molar-refractivity contribution in [1.29, 1.82) is 0 Å². The molecule has 6 heteroatoms. The van der Waals surface area contributed by atoms with Crippen LogP contribution >= 0.6 is 0 Å². The SMILES string of the molecule is COc1ccc(C(=O)O[C@@H](C)C(=O)N2CCCCCC2)c(O)c1. The van der Waals surface area contributed by atoms with Crippen molar-refractivity contribution >= 4 is 11.9 Å². The molecule has 0 saturated carbocycles. The van der Waals surface area contributed by atoms with Gasteiger partial charge in [0.05, 0.1) is 7.11 Å². The summed E-state index contributed by atoms with van der Waals surface area (Å²) in [6.07, 6.45) is 3.33. The molecule has 0 bridgehead atoms. The standard InChI is InChI=1S/C17H23NO5/c1-12(16(20)18-9-5-3-4-6-10-18)23-17(21)14-8-7-13(22-2)11-15(14)19/h7-8,11-12,19H,3-6,9-10H2,1-2H3/t12-/m0/s1. The zero-order valence-electron chi connectivity index (χ0n) is 13.6. The average molecular weight is 321 g/mol. The van der Waals surface area contributed by atoms with Gasteiger partial charge in [-0.2, -0.15) is 0 Å². The van der Waals surface area contributed by atoms with Gasteiger partial charge in [-0.3, -0.25) is 4.79 Å². The van der Waals surface area contributed by atoms with Gasteiger partial charge in [0, 0.05) is 19.2 Å². The van der Waals surface area contributed by atoms with Crippen molar-refractivity contribution in [2.75, 3.05) is 20.2 Å². The topological polar surface area (TPSA) is 76.1 Å². The van der Waals surface area contributed by atoms with Gasteiger partial charge in [-0.05, 0) is 31.9 Å². The summed E-state index contributed by atoms with van der Waals surface area (Å²) < 4.78 is 10.2. The fourth-order valence-electron chi connectivity index (χ4n) is 2.63. The lowest BCUT2D eigenvalue weighted by Gasteiger charge is -2.24. The summed E-state index contributed by atoms with van der Waals surface area (Å²) in [6, 6.07) is 4.30. The number of hydrogen-bond acceptors (Lipinski definition) is 5. The summed E-state index contributed by atoms with van der Waals surface area (Å²) in [6.45, 7) is 2.97. The number of esters is 1. The number of phenolic OH excluding ortho intramolecular Hbond substituents is 1. The monoisotopic (exact) mass is 321 g/mol. The van der Waals surface area contributed by atoms with E-state index >= 15 is 0 Å². The predicted octanol–water partition coefficient (Wildman–Crippen LogP) is 2.35. The Balaban J connectivity index is 1.99. The molecule has 1 fully saturated rings. The van der Waals surface area contributed by atoms with Crippen molar-refractivity contribution in [2.24, 2.45) is 0 Å². The van der Waals surface area contributed by atoms with E-state index in [1.807, 2.05) is 0 Å². The van der Waals surface area contributed by atoms with Crippen LogP contribution in [0.25, 0.3) is 0 Å². The Morgan fingerprint density at radius 3 is 2.39 bits per heavy atom. The van der Waals surface area contributed by atoms with Crippen molar-refractivity contribution in [3.63, 3.8) is 0 Å². The molecule has 0 aliphatic carbocycles. The summed E-state index contributed by atoms with van der Waals surface area (Å²) >= 11 is 0. The van der Waals surface area contributed by atoms with E-state index in [1.165, 1.54) is 19.2 Å². The number of hydrogen-bond donors (Lipinski definition) is 1.